The number of carbonyl (C=O) groups excluding carboxylic acids is 1. The summed E-state index contributed by atoms with van der Waals surface area (Å²) < 4.78 is 11.1. The van der Waals surface area contributed by atoms with Crippen molar-refractivity contribution in [2.45, 2.75) is 20.5 Å². The lowest BCUT2D eigenvalue weighted by molar-refractivity contribution is 0.112. The molecule has 3 nitrogen and oxygen atoms in total. The summed E-state index contributed by atoms with van der Waals surface area (Å²) in [7, 11) is 1.63. The second kappa shape index (κ2) is 5.89. The van der Waals surface area contributed by atoms with Gasteiger partial charge in [-0.15, -0.1) is 11.3 Å². The first-order chi connectivity index (χ1) is 9.13. The Morgan fingerprint density at radius 1 is 1.21 bits per heavy atom. The predicted molar refractivity (Wildman–Crippen MR) is 76.5 cm³/mol. The molecule has 0 amide bonds. The van der Waals surface area contributed by atoms with Gasteiger partial charge in [-0.3, -0.25) is 4.79 Å². The molecule has 2 aromatic rings. The molecular weight excluding hydrogens is 260 g/mol. The quantitative estimate of drug-likeness (QED) is 0.780. The number of aldehydes is 1. The van der Waals surface area contributed by atoms with Crippen LogP contribution >= 0.6 is 11.3 Å². The molecule has 0 unspecified atom stereocenters. The molecule has 0 aliphatic carbocycles. The van der Waals surface area contributed by atoms with Crippen LogP contribution in [0.4, 0.5) is 0 Å². The van der Waals surface area contributed by atoms with Gasteiger partial charge in [0.05, 0.1) is 12.0 Å². The van der Waals surface area contributed by atoms with Crippen LogP contribution in [-0.4, -0.2) is 13.4 Å². The Labute approximate surface area is 116 Å². The minimum Gasteiger partial charge on any atom is -0.493 e. The fraction of sp³-hybridized carbons (Fsp3) is 0.267. The third-order valence-electron chi connectivity index (χ3n) is 2.86. The van der Waals surface area contributed by atoms with Gasteiger partial charge in [0.2, 0.25) is 0 Å². The number of carbonyl (C=O) groups is 1. The summed E-state index contributed by atoms with van der Waals surface area (Å²) in [6, 6.07) is 7.69. The molecule has 0 saturated carbocycles. The van der Waals surface area contributed by atoms with Crippen LogP contribution in [-0.2, 0) is 6.61 Å². The highest BCUT2D eigenvalue weighted by Crippen LogP contribution is 2.29. The average Bonchev–Trinajstić information content (AvgIpc) is 2.78. The van der Waals surface area contributed by atoms with Crippen molar-refractivity contribution in [3.63, 3.8) is 0 Å². The van der Waals surface area contributed by atoms with E-state index in [0.717, 1.165) is 32.9 Å². The van der Waals surface area contributed by atoms with Gasteiger partial charge < -0.3 is 9.47 Å². The minimum absolute atomic E-state index is 0.440. The summed E-state index contributed by atoms with van der Waals surface area (Å²) in [5, 5.41) is 0. The summed E-state index contributed by atoms with van der Waals surface area (Å²) in [5.74, 6) is 1.44. The molecule has 0 aliphatic rings. The summed E-state index contributed by atoms with van der Waals surface area (Å²) in [6.07, 6.45) is 0.869. The maximum absolute atomic E-state index is 10.7. The van der Waals surface area contributed by atoms with Crippen LogP contribution < -0.4 is 9.47 Å². The highest BCUT2D eigenvalue weighted by Gasteiger charge is 2.08. The monoisotopic (exact) mass is 276 g/mol. The van der Waals surface area contributed by atoms with E-state index in [1.807, 2.05) is 38.1 Å². The summed E-state index contributed by atoms with van der Waals surface area (Å²) in [6.45, 7) is 4.43. The molecule has 0 radical (unpaired) electrons. The smallest absolute Gasteiger partial charge is 0.161 e. The second-order valence-corrected chi connectivity index (χ2v) is 5.58. The molecular formula is C15H16O3S. The van der Waals surface area contributed by atoms with Crippen molar-refractivity contribution in [2.24, 2.45) is 0 Å². The van der Waals surface area contributed by atoms with Crippen LogP contribution in [0.5, 0.6) is 11.5 Å². The largest absolute Gasteiger partial charge is 0.493 e. The third kappa shape index (κ3) is 3.15. The van der Waals surface area contributed by atoms with E-state index < -0.39 is 0 Å². The number of hydrogen-bond acceptors (Lipinski definition) is 4. The van der Waals surface area contributed by atoms with E-state index in [-0.39, 0.29) is 0 Å². The normalized spacial score (nSPS) is 10.3. The highest BCUT2D eigenvalue weighted by atomic mass is 32.1. The SMILES string of the molecule is COc1cc(C)ccc1OCc1cc(C=O)sc1C. The van der Waals surface area contributed by atoms with Crippen molar-refractivity contribution in [3.8, 4) is 11.5 Å². The Morgan fingerprint density at radius 3 is 2.63 bits per heavy atom. The van der Waals surface area contributed by atoms with Gasteiger partial charge in [0.15, 0.2) is 17.8 Å². The van der Waals surface area contributed by atoms with E-state index in [2.05, 4.69) is 0 Å². The molecule has 0 spiro atoms. The zero-order chi connectivity index (χ0) is 13.8. The van der Waals surface area contributed by atoms with Crippen molar-refractivity contribution in [1.82, 2.24) is 0 Å². The summed E-state index contributed by atoms with van der Waals surface area (Å²) >= 11 is 1.48. The standard InChI is InChI=1S/C15H16O3S/c1-10-4-5-14(15(6-10)17-3)18-9-12-7-13(8-16)19-11(12)2/h4-8H,9H2,1-3H3. The van der Waals surface area contributed by atoms with Gasteiger partial charge in [0.1, 0.15) is 6.61 Å². The molecule has 1 aromatic carbocycles. The highest BCUT2D eigenvalue weighted by molar-refractivity contribution is 7.13. The third-order valence-corrected chi connectivity index (χ3v) is 3.88. The molecule has 0 aliphatic heterocycles. The summed E-state index contributed by atoms with van der Waals surface area (Å²) in [4.78, 5) is 12.6. The Morgan fingerprint density at radius 2 is 2.00 bits per heavy atom. The van der Waals surface area contributed by atoms with E-state index >= 15 is 0 Å². The molecule has 0 bridgehead atoms. The van der Waals surface area contributed by atoms with Crippen molar-refractivity contribution < 1.29 is 14.3 Å². The van der Waals surface area contributed by atoms with E-state index in [9.17, 15) is 4.79 Å². The van der Waals surface area contributed by atoms with E-state index in [0.29, 0.717) is 12.4 Å². The molecule has 100 valence electrons. The van der Waals surface area contributed by atoms with Crippen LogP contribution in [0.1, 0.15) is 25.7 Å². The van der Waals surface area contributed by atoms with Gasteiger partial charge in [-0.25, -0.2) is 0 Å². The molecule has 0 saturated heterocycles. The molecule has 0 atom stereocenters. The lowest BCUT2D eigenvalue weighted by Gasteiger charge is -2.11. The van der Waals surface area contributed by atoms with Gasteiger partial charge in [0, 0.05) is 10.4 Å². The first kappa shape index (κ1) is 13.6. The Bertz CT molecular complexity index is 587. The Balaban J connectivity index is 2.13. The first-order valence-corrected chi connectivity index (χ1v) is 6.77. The Hall–Kier alpha value is -1.81. The number of rotatable bonds is 5. The molecule has 1 aromatic heterocycles. The fourth-order valence-electron chi connectivity index (χ4n) is 1.80. The van der Waals surface area contributed by atoms with Crippen molar-refractivity contribution in [2.75, 3.05) is 7.11 Å². The molecule has 19 heavy (non-hydrogen) atoms. The van der Waals surface area contributed by atoms with E-state index in [1.165, 1.54) is 11.3 Å². The van der Waals surface area contributed by atoms with E-state index in [1.54, 1.807) is 7.11 Å². The van der Waals surface area contributed by atoms with Gasteiger partial charge >= 0.3 is 0 Å². The topological polar surface area (TPSA) is 35.5 Å². The number of benzene rings is 1. The van der Waals surface area contributed by atoms with Crippen LogP contribution in [0.2, 0.25) is 0 Å². The zero-order valence-electron chi connectivity index (χ0n) is 11.2. The minimum atomic E-state index is 0.440. The average molecular weight is 276 g/mol. The van der Waals surface area contributed by atoms with Crippen LogP contribution in [0, 0.1) is 13.8 Å². The van der Waals surface area contributed by atoms with E-state index in [4.69, 9.17) is 9.47 Å². The van der Waals surface area contributed by atoms with Gasteiger partial charge in [-0.2, -0.15) is 0 Å². The molecule has 2 rings (SSSR count). The molecule has 1 heterocycles. The zero-order valence-corrected chi connectivity index (χ0v) is 12.0. The molecule has 4 heteroatoms. The second-order valence-electron chi connectivity index (χ2n) is 4.29. The first-order valence-electron chi connectivity index (χ1n) is 5.96. The van der Waals surface area contributed by atoms with Crippen LogP contribution in [0.15, 0.2) is 24.3 Å². The van der Waals surface area contributed by atoms with Crippen molar-refractivity contribution in [3.05, 3.63) is 45.1 Å². The number of hydrogen-bond donors (Lipinski definition) is 0. The van der Waals surface area contributed by atoms with Gasteiger partial charge in [-0.05, 0) is 37.6 Å². The molecule has 0 fully saturated rings. The number of thiophene rings is 1. The number of methoxy groups -OCH3 is 1. The van der Waals surface area contributed by atoms with Crippen molar-refractivity contribution >= 4 is 17.6 Å². The van der Waals surface area contributed by atoms with Gasteiger partial charge in [-0.1, -0.05) is 6.07 Å². The van der Waals surface area contributed by atoms with Crippen LogP contribution in [0.25, 0.3) is 0 Å². The Kier molecular flexibility index (Phi) is 4.22. The number of ether oxygens (including phenoxy) is 2. The van der Waals surface area contributed by atoms with Crippen LogP contribution in [0.3, 0.4) is 0 Å². The lowest BCUT2D eigenvalue weighted by atomic mass is 10.2. The maximum Gasteiger partial charge on any atom is 0.161 e. The molecule has 0 N–H and O–H groups in total. The number of aryl methyl sites for hydroxylation is 2. The van der Waals surface area contributed by atoms with Crippen molar-refractivity contribution in [1.29, 1.82) is 0 Å². The fourth-order valence-corrected chi connectivity index (χ4v) is 2.65. The maximum atomic E-state index is 10.7. The summed E-state index contributed by atoms with van der Waals surface area (Å²) in [5.41, 5.74) is 2.16. The predicted octanol–water partition coefficient (Wildman–Crippen LogP) is 3.77. The lowest BCUT2D eigenvalue weighted by Crippen LogP contribution is -1.98. The van der Waals surface area contributed by atoms with Gasteiger partial charge in [0.25, 0.3) is 0 Å².